The van der Waals surface area contributed by atoms with Gasteiger partial charge in [0, 0.05) is 38.9 Å². The first kappa shape index (κ1) is 14.1. The molecule has 0 N–H and O–H groups in total. The van der Waals surface area contributed by atoms with Crippen molar-refractivity contribution in [2.45, 2.75) is 39.7 Å². The maximum Gasteiger partial charge on any atom is 0.252 e. The Morgan fingerprint density at radius 3 is 2.83 bits per heavy atom. The summed E-state index contributed by atoms with van der Waals surface area (Å²) in [6.07, 6.45) is 2.37. The number of rotatable bonds is 2. The highest BCUT2D eigenvalue weighted by molar-refractivity contribution is 5.81. The maximum atomic E-state index is 5.51. The fourth-order valence-electron chi connectivity index (χ4n) is 3.06. The van der Waals surface area contributed by atoms with Crippen LogP contribution in [0.3, 0.4) is 0 Å². The predicted molar refractivity (Wildman–Crippen MR) is 84.4 cm³/mol. The van der Waals surface area contributed by atoms with Crippen LogP contribution in [0.15, 0.2) is 10.7 Å². The highest BCUT2D eigenvalue weighted by atomic mass is 16.4. The van der Waals surface area contributed by atoms with Gasteiger partial charge in [0.05, 0.1) is 0 Å². The smallest absolute Gasteiger partial charge is 0.252 e. The lowest BCUT2D eigenvalue weighted by atomic mass is 10.2. The molecule has 0 amide bonds. The van der Waals surface area contributed by atoms with Gasteiger partial charge in [-0.2, -0.15) is 4.98 Å². The molecule has 0 aliphatic carbocycles. The van der Waals surface area contributed by atoms with Gasteiger partial charge in [0.25, 0.3) is 5.71 Å². The molecular weight excluding hydrogens is 294 g/mol. The third kappa shape index (κ3) is 2.34. The molecule has 0 unspecified atom stereocenters. The first-order valence-electron chi connectivity index (χ1n) is 7.88. The van der Waals surface area contributed by atoms with Gasteiger partial charge in [-0.05, 0) is 0 Å². The molecule has 4 heterocycles. The summed E-state index contributed by atoms with van der Waals surface area (Å²) in [5.41, 5.74) is 1.27. The fourth-order valence-corrected chi connectivity index (χ4v) is 3.06. The van der Waals surface area contributed by atoms with Gasteiger partial charge in [-0.25, -0.2) is 9.97 Å². The third-order valence-electron chi connectivity index (χ3n) is 4.15. The molecule has 23 heavy (non-hydrogen) atoms. The molecule has 8 heteroatoms. The van der Waals surface area contributed by atoms with Gasteiger partial charge >= 0.3 is 0 Å². The summed E-state index contributed by atoms with van der Waals surface area (Å²) in [7, 11) is 0. The number of oxazole rings is 1. The number of anilines is 1. The minimum absolute atomic E-state index is 0.367. The van der Waals surface area contributed by atoms with E-state index in [0.717, 1.165) is 49.0 Å². The van der Waals surface area contributed by atoms with Gasteiger partial charge in [-0.15, -0.1) is 10.2 Å². The molecule has 0 radical (unpaired) electrons. The Bertz CT molecular complexity index is 851. The first-order valence-corrected chi connectivity index (χ1v) is 7.88. The van der Waals surface area contributed by atoms with E-state index >= 15 is 0 Å². The zero-order valence-electron chi connectivity index (χ0n) is 13.5. The average Bonchev–Trinajstić information content (AvgIpc) is 3.04. The second-order valence-electron chi connectivity index (χ2n) is 6.10. The monoisotopic (exact) mass is 313 g/mol. The number of aromatic nitrogens is 6. The second kappa shape index (κ2) is 5.29. The Morgan fingerprint density at radius 2 is 2.00 bits per heavy atom. The molecule has 0 spiro atoms. The molecule has 4 rings (SSSR count). The standard InChI is InChI=1S/C15H19N7O/c1-9(2)13-20-19-11-4-5-21(6-7-22(11)13)14-12-15(17-8-16-14)23-10(3)18-12/h8-9H,4-7H2,1-3H3. The van der Waals surface area contributed by atoms with E-state index in [9.17, 15) is 0 Å². The van der Waals surface area contributed by atoms with Crippen LogP contribution in [0.4, 0.5) is 5.82 Å². The van der Waals surface area contributed by atoms with Crippen LogP contribution in [0.1, 0.15) is 37.3 Å². The zero-order chi connectivity index (χ0) is 16.0. The van der Waals surface area contributed by atoms with Crippen LogP contribution < -0.4 is 4.90 Å². The van der Waals surface area contributed by atoms with Crippen LogP contribution >= 0.6 is 0 Å². The van der Waals surface area contributed by atoms with Gasteiger partial charge in [-0.1, -0.05) is 13.8 Å². The van der Waals surface area contributed by atoms with Crippen LogP contribution in [0.5, 0.6) is 0 Å². The number of hydrogen-bond acceptors (Lipinski definition) is 7. The first-order chi connectivity index (χ1) is 11.1. The van der Waals surface area contributed by atoms with Crippen molar-refractivity contribution in [2.24, 2.45) is 0 Å². The molecule has 0 aromatic carbocycles. The van der Waals surface area contributed by atoms with E-state index in [1.165, 1.54) is 6.33 Å². The molecule has 1 aliphatic rings. The van der Waals surface area contributed by atoms with Crippen LogP contribution in [0.2, 0.25) is 0 Å². The summed E-state index contributed by atoms with van der Waals surface area (Å²) in [5.74, 6) is 3.89. The summed E-state index contributed by atoms with van der Waals surface area (Å²) in [5, 5.41) is 8.68. The summed E-state index contributed by atoms with van der Waals surface area (Å²) >= 11 is 0. The quantitative estimate of drug-likeness (QED) is 0.711. The second-order valence-corrected chi connectivity index (χ2v) is 6.10. The van der Waals surface area contributed by atoms with Crippen LogP contribution in [-0.4, -0.2) is 42.8 Å². The Hall–Kier alpha value is -2.51. The lowest BCUT2D eigenvalue weighted by molar-refractivity contribution is 0.551. The summed E-state index contributed by atoms with van der Waals surface area (Å²) in [4.78, 5) is 15.3. The van der Waals surface area contributed by atoms with Crippen LogP contribution in [-0.2, 0) is 13.0 Å². The zero-order valence-corrected chi connectivity index (χ0v) is 13.5. The molecule has 120 valence electrons. The van der Waals surface area contributed by atoms with Crippen molar-refractivity contribution in [2.75, 3.05) is 18.0 Å². The predicted octanol–water partition coefficient (Wildman–Crippen LogP) is 1.70. The molecule has 8 nitrogen and oxygen atoms in total. The number of fused-ring (bicyclic) bond motifs is 2. The minimum Gasteiger partial charge on any atom is -0.422 e. The normalized spacial score (nSPS) is 15.2. The minimum atomic E-state index is 0.367. The van der Waals surface area contributed by atoms with E-state index in [1.54, 1.807) is 0 Å². The van der Waals surface area contributed by atoms with Crippen LogP contribution in [0, 0.1) is 6.92 Å². The van der Waals surface area contributed by atoms with Gasteiger partial charge in [0.2, 0.25) is 0 Å². The van der Waals surface area contributed by atoms with E-state index in [2.05, 4.69) is 48.5 Å². The van der Waals surface area contributed by atoms with E-state index < -0.39 is 0 Å². The Morgan fingerprint density at radius 1 is 1.13 bits per heavy atom. The maximum absolute atomic E-state index is 5.51. The number of aryl methyl sites for hydroxylation is 1. The van der Waals surface area contributed by atoms with E-state index in [4.69, 9.17) is 4.42 Å². The average molecular weight is 313 g/mol. The van der Waals surface area contributed by atoms with Crippen molar-refractivity contribution in [1.29, 1.82) is 0 Å². The Balaban J connectivity index is 1.67. The molecule has 0 atom stereocenters. The lowest BCUT2D eigenvalue weighted by Crippen LogP contribution is -2.28. The Labute approximate surface area is 133 Å². The van der Waals surface area contributed by atoms with Gasteiger partial charge in [0.15, 0.2) is 17.2 Å². The highest BCUT2D eigenvalue weighted by Crippen LogP contribution is 2.25. The van der Waals surface area contributed by atoms with Crippen molar-refractivity contribution in [3.63, 3.8) is 0 Å². The van der Waals surface area contributed by atoms with E-state index in [0.29, 0.717) is 17.5 Å². The van der Waals surface area contributed by atoms with Crippen molar-refractivity contribution >= 4 is 17.0 Å². The molecular formula is C15H19N7O. The summed E-state index contributed by atoms with van der Waals surface area (Å²) < 4.78 is 7.74. The van der Waals surface area contributed by atoms with Crippen molar-refractivity contribution < 1.29 is 4.42 Å². The van der Waals surface area contributed by atoms with Crippen molar-refractivity contribution in [1.82, 2.24) is 29.7 Å². The fraction of sp³-hybridized carbons (Fsp3) is 0.533. The Kier molecular flexibility index (Phi) is 3.24. The largest absolute Gasteiger partial charge is 0.422 e. The molecule has 3 aromatic heterocycles. The lowest BCUT2D eigenvalue weighted by Gasteiger charge is -2.20. The molecule has 3 aromatic rings. The molecule has 0 bridgehead atoms. The van der Waals surface area contributed by atoms with Gasteiger partial charge < -0.3 is 13.9 Å². The van der Waals surface area contributed by atoms with E-state index in [-0.39, 0.29) is 0 Å². The third-order valence-corrected chi connectivity index (χ3v) is 4.15. The molecule has 0 fully saturated rings. The number of nitrogens with zero attached hydrogens (tertiary/aromatic N) is 7. The molecule has 1 aliphatic heterocycles. The number of hydrogen-bond donors (Lipinski definition) is 0. The van der Waals surface area contributed by atoms with Gasteiger partial charge in [0.1, 0.15) is 18.0 Å². The van der Waals surface area contributed by atoms with Crippen molar-refractivity contribution in [3.05, 3.63) is 23.9 Å². The summed E-state index contributed by atoms with van der Waals surface area (Å²) in [6.45, 7) is 8.62. The topological polar surface area (TPSA) is 85.8 Å². The SMILES string of the molecule is Cc1nc2c(N3CCc4nnc(C(C)C)n4CC3)ncnc2o1. The molecule has 0 saturated heterocycles. The summed E-state index contributed by atoms with van der Waals surface area (Å²) in [6, 6.07) is 0. The van der Waals surface area contributed by atoms with Crippen LogP contribution in [0.25, 0.3) is 11.2 Å². The highest BCUT2D eigenvalue weighted by Gasteiger charge is 2.23. The van der Waals surface area contributed by atoms with Crippen molar-refractivity contribution in [3.8, 4) is 0 Å². The molecule has 0 saturated carbocycles. The van der Waals surface area contributed by atoms with E-state index in [1.807, 2.05) is 6.92 Å². The van der Waals surface area contributed by atoms with Gasteiger partial charge in [-0.3, -0.25) is 0 Å².